The summed E-state index contributed by atoms with van der Waals surface area (Å²) in [5.74, 6) is 0.658. The molecule has 0 bridgehead atoms. The Hall–Kier alpha value is -1.26. The Morgan fingerprint density at radius 2 is 2.00 bits per heavy atom. The standard InChI is InChI=1S/C11H21N5O/c1-10(2)3-4-15-5-7-16(8-6-15)11(17)9-13-14-12/h10H,3-9H2,1-2H3. The summed E-state index contributed by atoms with van der Waals surface area (Å²) in [7, 11) is 0. The second-order valence-electron chi connectivity index (χ2n) is 4.79. The monoisotopic (exact) mass is 239 g/mol. The molecule has 0 aromatic heterocycles. The lowest BCUT2D eigenvalue weighted by atomic mass is 10.1. The van der Waals surface area contributed by atoms with Crippen LogP contribution in [0.5, 0.6) is 0 Å². The highest BCUT2D eigenvalue weighted by atomic mass is 16.2. The van der Waals surface area contributed by atoms with Crippen LogP contribution in [0.4, 0.5) is 0 Å². The van der Waals surface area contributed by atoms with Gasteiger partial charge in [0.1, 0.15) is 6.54 Å². The number of amides is 1. The molecule has 0 spiro atoms. The van der Waals surface area contributed by atoms with Crippen molar-refractivity contribution in [2.24, 2.45) is 11.0 Å². The zero-order chi connectivity index (χ0) is 12.7. The van der Waals surface area contributed by atoms with E-state index in [1.165, 1.54) is 6.42 Å². The van der Waals surface area contributed by atoms with Gasteiger partial charge in [0.25, 0.3) is 0 Å². The molecule has 0 radical (unpaired) electrons. The van der Waals surface area contributed by atoms with Gasteiger partial charge in [-0.3, -0.25) is 9.69 Å². The predicted molar refractivity (Wildman–Crippen MR) is 66.5 cm³/mol. The van der Waals surface area contributed by atoms with Gasteiger partial charge in [-0.1, -0.05) is 19.0 Å². The Labute approximate surface area is 102 Å². The third-order valence-electron chi connectivity index (χ3n) is 3.02. The molecule has 96 valence electrons. The van der Waals surface area contributed by atoms with Crippen molar-refractivity contribution in [3.8, 4) is 0 Å². The van der Waals surface area contributed by atoms with E-state index in [0.29, 0.717) is 0 Å². The van der Waals surface area contributed by atoms with Crippen molar-refractivity contribution in [2.75, 3.05) is 39.3 Å². The molecule has 1 aliphatic heterocycles. The molecule has 6 nitrogen and oxygen atoms in total. The molecule has 1 saturated heterocycles. The van der Waals surface area contributed by atoms with E-state index in [2.05, 4.69) is 28.8 Å². The summed E-state index contributed by atoms with van der Waals surface area (Å²) in [6.45, 7) is 8.84. The van der Waals surface area contributed by atoms with Crippen LogP contribution in [0.15, 0.2) is 5.11 Å². The van der Waals surface area contributed by atoms with Gasteiger partial charge in [-0.2, -0.15) is 0 Å². The highest BCUT2D eigenvalue weighted by Gasteiger charge is 2.20. The van der Waals surface area contributed by atoms with Crippen LogP contribution in [0.1, 0.15) is 20.3 Å². The van der Waals surface area contributed by atoms with Crippen LogP contribution in [-0.2, 0) is 4.79 Å². The summed E-state index contributed by atoms with van der Waals surface area (Å²) in [5, 5.41) is 3.30. The van der Waals surface area contributed by atoms with E-state index in [1.54, 1.807) is 4.90 Å². The van der Waals surface area contributed by atoms with E-state index in [4.69, 9.17) is 5.53 Å². The van der Waals surface area contributed by atoms with Gasteiger partial charge in [0, 0.05) is 31.1 Å². The van der Waals surface area contributed by atoms with E-state index in [-0.39, 0.29) is 12.5 Å². The van der Waals surface area contributed by atoms with Crippen LogP contribution >= 0.6 is 0 Å². The molecule has 6 heteroatoms. The fourth-order valence-electron chi connectivity index (χ4n) is 1.85. The molecule has 0 aromatic rings. The van der Waals surface area contributed by atoms with Gasteiger partial charge < -0.3 is 4.90 Å². The molecule has 1 rings (SSSR count). The largest absolute Gasteiger partial charge is 0.340 e. The summed E-state index contributed by atoms with van der Waals surface area (Å²) < 4.78 is 0. The number of azide groups is 1. The third kappa shape index (κ3) is 5.06. The van der Waals surface area contributed by atoms with Gasteiger partial charge in [-0.25, -0.2) is 0 Å². The maximum atomic E-state index is 11.6. The second-order valence-corrected chi connectivity index (χ2v) is 4.79. The molecule has 0 aliphatic carbocycles. The van der Waals surface area contributed by atoms with Crippen LogP contribution in [0.2, 0.25) is 0 Å². The lowest BCUT2D eigenvalue weighted by Crippen LogP contribution is -2.49. The molecule has 0 saturated carbocycles. The summed E-state index contributed by atoms with van der Waals surface area (Å²) in [6.07, 6.45) is 1.20. The first-order chi connectivity index (χ1) is 8.13. The van der Waals surface area contributed by atoms with Gasteiger partial charge in [0.15, 0.2) is 0 Å². The van der Waals surface area contributed by atoms with Crippen LogP contribution in [0, 0.1) is 5.92 Å². The first-order valence-electron chi connectivity index (χ1n) is 6.14. The molecular weight excluding hydrogens is 218 g/mol. The number of nitrogens with zero attached hydrogens (tertiary/aromatic N) is 5. The SMILES string of the molecule is CC(C)CCN1CCN(C(=O)CN=[N+]=[N-])CC1. The lowest BCUT2D eigenvalue weighted by Gasteiger charge is -2.34. The van der Waals surface area contributed by atoms with E-state index < -0.39 is 0 Å². The van der Waals surface area contributed by atoms with Crippen LogP contribution < -0.4 is 0 Å². The molecule has 0 unspecified atom stereocenters. The number of hydrogen-bond donors (Lipinski definition) is 0. The number of rotatable bonds is 5. The number of piperazine rings is 1. The van der Waals surface area contributed by atoms with Crippen molar-refractivity contribution in [1.82, 2.24) is 9.80 Å². The van der Waals surface area contributed by atoms with E-state index in [9.17, 15) is 4.79 Å². The summed E-state index contributed by atoms with van der Waals surface area (Å²) in [6, 6.07) is 0. The highest BCUT2D eigenvalue weighted by molar-refractivity contribution is 5.78. The molecule has 1 amide bonds. The number of carbonyl (C=O) groups is 1. The fourth-order valence-corrected chi connectivity index (χ4v) is 1.85. The Morgan fingerprint density at radius 1 is 1.35 bits per heavy atom. The predicted octanol–water partition coefficient (Wildman–Crippen LogP) is 1.49. The second kappa shape index (κ2) is 7.14. The molecule has 0 atom stereocenters. The molecule has 0 aromatic carbocycles. The van der Waals surface area contributed by atoms with Crippen LogP contribution in [0.25, 0.3) is 10.4 Å². The normalized spacial score (nSPS) is 17.0. The molecular formula is C11H21N5O. The van der Waals surface area contributed by atoms with Crippen LogP contribution in [0.3, 0.4) is 0 Å². The van der Waals surface area contributed by atoms with Crippen molar-refractivity contribution < 1.29 is 4.79 Å². The highest BCUT2D eigenvalue weighted by Crippen LogP contribution is 2.06. The van der Waals surface area contributed by atoms with Gasteiger partial charge in [-0.05, 0) is 24.4 Å². The van der Waals surface area contributed by atoms with Crippen molar-refractivity contribution in [3.05, 3.63) is 10.4 Å². The number of hydrogen-bond acceptors (Lipinski definition) is 3. The Morgan fingerprint density at radius 3 is 2.53 bits per heavy atom. The van der Waals surface area contributed by atoms with Crippen molar-refractivity contribution in [2.45, 2.75) is 20.3 Å². The van der Waals surface area contributed by atoms with Crippen molar-refractivity contribution in [1.29, 1.82) is 0 Å². The smallest absolute Gasteiger partial charge is 0.228 e. The molecule has 0 N–H and O–H groups in total. The first-order valence-corrected chi connectivity index (χ1v) is 6.14. The van der Waals surface area contributed by atoms with Crippen LogP contribution in [-0.4, -0.2) is 55.0 Å². The zero-order valence-electron chi connectivity index (χ0n) is 10.7. The third-order valence-corrected chi connectivity index (χ3v) is 3.02. The quantitative estimate of drug-likeness (QED) is 0.414. The van der Waals surface area contributed by atoms with E-state index in [0.717, 1.165) is 38.6 Å². The van der Waals surface area contributed by atoms with E-state index in [1.807, 2.05) is 0 Å². The minimum absolute atomic E-state index is 0.0531. The summed E-state index contributed by atoms with van der Waals surface area (Å²) >= 11 is 0. The van der Waals surface area contributed by atoms with Crippen molar-refractivity contribution >= 4 is 5.91 Å². The fraction of sp³-hybridized carbons (Fsp3) is 0.909. The van der Waals surface area contributed by atoms with Gasteiger partial charge in [0.05, 0.1) is 0 Å². The molecule has 1 fully saturated rings. The lowest BCUT2D eigenvalue weighted by molar-refractivity contribution is -0.131. The minimum Gasteiger partial charge on any atom is -0.340 e. The summed E-state index contributed by atoms with van der Waals surface area (Å²) in [5.41, 5.74) is 8.16. The Kier molecular flexibility index (Phi) is 5.80. The average Bonchev–Trinajstić information content (AvgIpc) is 2.34. The topological polar surface area (TPSA) is 72.3 Å². The molecule has 1 aliphatic rings. The number of carbonyl (C=O) groups excluding carboxylic acids is 1. The maximum Gasteiger partial charge on any atom is 0.228 e. The maximum absolute atomic E-state index is 11.6. The summed E-state index contributed by atoms with van der Waals surface area (Å²) in [4.78, 5) is 18.3. The van der Waals surface area contributed by atoms with E-state index >= 15 is 0 Å². The van der Waals surface area contributed by atoms with Gasteiger partial charge in [0.2, 0.25) is 5.91 Å². The first kappa shape index (κ1) is 13.8. The average molecular weight is 239 g/mol. The van der Waals surface area contributed by atoms with Gasteiger partial charge >= 0.3 is 0 Å². The zero-order valence-corrected chi connectivity index (χ0v) is 10.7. The van der Waals surface area contributed by atoms with Crippen molar-refractivity contribution in [3.63, 3.8) is 0 Å². The molecule has 1 heterocycles. The Balaban J connectivity index is 2.25. The molecule has 17 heavy (non-hydrogen) atoms. The minimum atomic E-state index is -0.0636. The van der Waals surface area contributed by atoms with Gasteiger partial charge in [-0.15, -0.1) is 0 Å². The Bertz CT molecular complexity index is 290.